The third kappa shape index (κ3) is 6.12. The minimum atomic E-state index is -0.663. The molecule has 1 saturated heterocycles. The molecule has 0 radical (unpaired) electrons. The number of hydrogen-bond donors (Lipinski definition) is 2. The summed E-state index contributed by atoms with van der Waals surface area (Å²) in [6, 6.07) is -1.01. The summed E-state index contributed by atoms with van der Waals surface area (Å²) >= 11 is 0. The molecule has 0 aromatic carbocycles. The standard InChI is InChI=1S/C19H33N3O4/c1-6-8-15(19(25)26-5)21-17(23)16-9-7-12-22(16)18(24)13(2)10-11-14(3)20-4/h10-11,13-16,20H,6-9,12H2,1-5H3,(H,21,23)/b11-10+/t13-,14-,15?,16?/m0/s1. The number of likely N-dealkylation sites (tertiary alicyclic amines) is 1. The summed E-state index contributed by atoms with van der Waals surface area (Å²) in [4.78, 5) is 38.9. The predicted molar refractivity (Wildman–Crippen MR) is 100 cm³/mol. The monoisotopic (exact) mass is 367 g/mol. The molecular formula is C19H33N3O4. The molecule has 1 fully saturated rings. The van der Waals surface area contributed by atoms with E-state index < -0.39 is 18.1 Å². The lowest BCUT2D eigenvalue weighted by Crippen LogP contribution is -2.51. The number of carbonyl (C=O) groups is 3. The van der Waals surface area contributed by atoms with Crippen LogP contribution in [0.1, 0.15) is 46.5 Å². The van der Waals surface area contributed by atoms with E-state index in [2.05, 4.69) is 10.6 Å². The van der Waals surface area contributed by atoms with Crippen LogP contribution in [0.2, 0.25) is 0 Å². The van der Waals surface area contributed by atoms with Crippen LogP contribution >= 0.6 is 0 Å². The number of likely N-dealkylation sites (N-methyl/N-ethyl adjacent to an activating group) is 1. The molecule has 1 heterocycles. The molecule has 2 N–H and O–H groups in total. The molecule has 1 aliphatic rings. The van der Waals surface area contributed by atoms with Crippen molar-refractivity contribution in [3.05, 3.63) is 12.2 Å². The summed E-state index contributed by atoms with van der Waals surface area (Å²) in [5, 5.41) is 5.84. The Morgan fingerprint density at radius 3 is 2.54 bits per heavy atom. The molecule has 7 nitrogen and oxygen atoms in total. The molecule has 2 amide bonds. The summed E-state index contributed by atoms with van der Waals surface area (Å²) in [6.07, 6.45) is 6.47. The van der Waals surface area contributed by atoms with Gasteiger partial charge in [0.1, 0.15) is 12.1 Å². The molecule has 0 aromatic heterocycles. The molecule has 0 aromatic rings. The Balaban J connectivity index is 2.76. The number of amides is 2. The fraction of sp³-hybridized carbons (Fsp3) is 0.737. The van der Waals surface area contributed by atoms with E-state index in [1.165, 1.54) is 7.11 Å². The second kappa shape index (κ2) is 11.0. The van der Waals surface area contributed by atoms with Crippen molar-refractivity contribution in [2.45, 2.75) is 64.6 Å². The Hall–Kier alpha value is -1.89. The lowest BCUT2D eigenvalue weighted by atomic mass is 10.1. The van der Waals surface area contributed by atoms with Crippen LogP contribution < -0.4 is 10.6 Å². The van der Waals surface area contributed by atoms with Crippen molar-refractivity contribution in [1.82, 2.24) is 15.5 Å². The van der Waals surface area contributed by atoms with Gasteiger partial charge in [-0.15, -0.1) is 0 Å². The van der Waals surface area contributed by atoms with Crippen LogP contribution in [0.15, 0.2) is 12.2 Å². The zero-order valence-electron chi connectivity index (χ0n) is 16.6. The topological polar surface area (TPSA) is 87.7 Å². The SMILES string of the molecule is CCCC(NC(=O)C1CCCN1C(=O)[C@@H](C)/C=C/[C@H](C)NC)C(=O)OC. The number of methoxy groups -OCH3 is 1. The van der Waals surface area contributed by atoms with E-state index in [-0.39, 0.29) is 23.8 Å². The number of carbonyl (C=O) groups excluding carboxylic acids is 3. The molecule has 0 spiro atoms. The van der Waals surface area contributed by atoms with E-state index >= 15 is 0 Å². The minimum Gasteiger partial charge on any atom is -0.467 e. The Bertz CT molecular complexity index is 521. The highest BCUT2D eigenvalue weighted by Crippen LogP contribution is 2.21. The summed E-state index contributed by atoms with van der Waals surface area (Å²) in [5.41, 5.74) is 0. The number of rotatable bonds is 9. The van der Waals surface area contributed by atoms with Gasteiger partial charge >= 0.3 is 5.97 Å². The van der Waals surface area contributed by atoms with Crippen molar-refractivity contribution in [3.8, 4) is 0 Å². The van der Waals surface area contributed by atoms with E-state index in [0.717, 1.165) is 12.8 Å². The molecule has 2 unspecified atom stereocenters. The Morgan fingerprint density at radius 2 is 1.96 bits per heavy atom. The molecule has 26 heavy (non-hydrogen) atoms. The van der Waals surface area contributed by atoms with Gasteiger partial charge in [-0.05, 0) is 33.2 Å². The third-order valence-electron chi connectivity index (χ3n) is 4.75. The molecule has 7 heteroatoms. The van der Waals surface area contributed by atoms with Gasteiger partial charge in [0, 0.05) is 12.6 Å². The smallest absolute Gasteiger partial charge is 0.328 e. The first-order chi connectivity index (χ1) is 12.3. The van der Waals surface area contributed by atoms with E-state index in [0.29, 0.717) is 19.4 Å². The molecule has 0 aliphatic carbocycles. The largest absolute Gasteiger partial charge is 0.467 e. The average molecular weight is 367 g/mol. The van der Waals surface area contributed by atoms with Gasteiger partial charge in [0.05, 0.1) is 13.0 Å². The van der Waals surface area contributed by atoms with E-state index in [1.54, 1.807) is 4.90 Å². The van der Waals surface area contributed by atoms with Crippen molar-refractivity contribution in [3.63, 3.8) is 0 Å². The lowest BCUT2D eigenvalue weighted by molar-refractivity contribution is -0.146. The van der Waals surface area contributed by atoms with Crippen molar-refractivity contribution >= 4 is 17.8 Å². The Kier molecular flexibility index (Phi) is 9.34. The third-order valence-corrected chi connectivity index (χ3v) is 4.75. The maximum absolute atomic E-state index is 12.7. The molecule has 148 valence electrons. The molecule has 1 rings (SSSR count). The molecule has 4 atom stereocenters. The zero-order chi connectivity index (χ0) is 19.7. The van der Waals surface area contributed by atoms with Crippen LogP contribution in [-0.2, 0) is 19.1 Å². The molecule has 1 aliphatic heterocycles. The fourth-order valence-corrected chi connectivity index (χ4v) is 3.02. The van der Waals surface area contributed by atoms with Gasteiger partial charge in [-0.1, -0.05) is 32.4 Å². The van der Waals surface area contributed by atoms with Gasteiger partial charge in [-0.25, -0.2) is 4.79 Å². The Labute approximate surface area is 156 Å². The zero-order valence-corrected chi connectivity index (χ0v) is 16.6. The van der Waals surface area contributed by atoms with Crippen molar-refractivity contribution < 1.29 is 19.1 Å². The second-order valence-corrected chi connectivity index (χ2v) is 6.81. The quantitative estimate of drug-likeness (QED) is 0.473. The molecule has 0 bridgehead atoms. The van der Waals surface area contributed by atoms with E-state index in [1.807, 2.05) is 40.0 Å². The lowest BCUT2D eigenvalue weighted by Gasteiger charge is -2.27. The first-order valence-corrected chi connectivity index (χ1v) is 9.39. The van der Waals surface area contributed by atoms with Gasteiger partial charge in [0.15, 0.2) is 0 Å². The predicted octanol–water partition coefficient (Wildman–Crippen LogP) is 1.24. The summed E-state index contributed by atoms with van der Waals surface area (Å²) in [7, 11) is 3.17. The summed E-state index contributed by atoms with van der Waals surface area (Å²) in [5.74, 6) is -1.09. The van der Waals surface area contributed by atoms with E-state index in [9.17, 15) is 14.4 Å². The van der Waals surface area contributed by atoms with Gasteiger partial charge in [-0.2, -0.15) is 0 Å². The maximum atomic E-state index is 12.7. The molecular weight excluding hydrogens is 334 g/mol. The van der Waals surface area contributed by atoms with Gasteiger partial charge in [0.2, 0.25) is 11.8 Å². The van der Waals surface area contributed by atoms with Crippen LogP contribution in [0, 0.1) is 5.92 Å². The van der Waals surface area contributed by atoms with Crippen LogP contribution in [0.3, 0.4) is 0 Å². The van der Waals surface area contributed by atoms with Crippen LogP contribution in [0.5, 0.6) is 0 Å². The Morgan fingerprint density at radius 1 is 1.27 bits per heavy atom. The number of ether oxygens (including phenoxy) is 1. The first-order valence-electron chi connectivity index (χ1n) is 9.39. The number of nitrogens with zero attached hydrogens (tertiary/aromatic N) is 1. The molecule has 0 saturated carbocycles. The first kappa shape index (κ1) is 22.2. The van der Waals surface area contributed by atoms with Gasteiger partial charge < -0.3 is 20.3 Å². The highest BCUT2D eigenvalue weighted by atomic mass is 16.5. The summed E-state index contributed by atoms with van der Waals surface area (Å²) < 4.78 is 4.76. The fourth-order valence-electron chi connectivity index (χ4n) is 3.02. The average Bonchev–Trinajstić information content (AvgIpc) is 3.13. The van der Waals surface area contributed by atoms with Crippen LogP contribution in [0.4, 0.5) is 0 Å². The number of esters is 1. The van der Waals surface area contributed by atoms with Gasteiger partial charge in [0.25, 0.3) is 0 Å². The maximum Gasteiger partial charge on any atom is 0.328 e. The van der Waals surface area contributed by atoms with Gasteiger partial charge in [-0.3, -0.25) is 9.59 Å². The number of hydrogen-bond acceptors (Lipinski definition) is 5. The van der Waals surface area contributed by atoms with Crippen molar-refractivity contribution in [2.75, 3.05) is 20.7 Å². The van der Waals surface area contributed by atoms with Crippen LogP contribution in [-0.4, -0.2) is 61.5 Å². The highest BCUT2D eigenvalue weighted by Gasteiger charge is 2.36. The minimum absolute atomic E-state index is 0.0627. The van der Waals surface area contributed by atoms with E-state index in [4.69, 9.17) is 4.74 Å². The highest BCUT2D eigenvalue weighted by molar-refractivity contribution is 5.92. The van der Waals surface area contributed by atoms with Crippen molar-refractivity contribution in [1.29, 1.82) is 0 Å². The normalized spacial score (nSPS) is 20.7. The number of nitrogens with one attached hydrogen (secondary N) is 2. The van der Waals surface area contributed by atoms with Crippen molar-refractivity contribution in [2.24, 2.45) is 5.92 Å². The van der Waals surface area contributed by atoms with Crippen LogP contribution in [0.25, 0.3) is 0 Å². The second-order valence-electron chi connectivity index (χ2n) is 6.81. The summed E-state index contributed by atoms with van der Waals surface area (Å²) in [6.45, 7) is 6.34.